The van der Waals surface area contributed by atoms with Gasteiger partial charge >= 0.3 is 0 Å². The van der Waals surface area contributed by atoms with Crippen LogP contribution < -0.4 is 5.73 Å². The van der Waals surface area contributed by atoms with Gasteiger partial charge in [0.1, 0.15) is 5.01 Å². The molecule has 2 N–H and O–H groups in total. The summed E-state index contributed by atoms with van der Waals surface area (Å²) in [6, 6.07) is 14.7. The van der Waals surface area contributed by atoms with Crippen molar-refractivity contribution in [1.82, 2.24) is 4.98 Å². The van der Waals surface area contributed by atoms with Crippen LogP contribution in [0.2, 0.25) is 0 Å². The highest BCUT2D eigenvalue weighted by Gasteiger charge is 2.11. The Labute approximate surface area is 122 Å². The van der Waals surface area contributed by atoms with Gasteiger partial charge in [-0.3, -0.25) is 0 Å². The van der Waals surface area contributed by atoms with Crippen molar-refractivity contribution in [2.45, 2.75) is 13.2 Å². The molecular weight excluding hydrogens is 268 g/mol. The molecule has 3 rings (SSSR count). The van der Waals surface area contributed by atoms with E-state index in [0.29, 0.717) is 13.2 Å². The van der Waals surface area contributed by atoms with Crippen LogP contribution in [0.3, 0.4) is 0 Å². The van der Waals surface area contributed by atoms with E-state index in [0.717, 1.165) is 21.1 Å². The molecule has 0 spiro atoms. The van der Waals surface area contributed by atoms with Crippen molar-refractivity contribution in [3.8, 4) is 10.6 Å². The lowest BCUT2D eigenvalue weighted by Gasteiger charge is -2.00. The second-order valence-electron chi connectivity index (χ2n) is 4.59. The summed E-state index contributed by atoms with van der Waals surface area (Å²) in [5.74, 6) is 0. The fourth-order valence-corrected chi connectivity index (χ4v) is 3.18. The maximum atomic E-state index is 5.78. The molecule has 0 atom stereocenters. The number of benzene rings is 2. The molecule has 0 unspecified atom stereocenters. The molecule has 3 nitrogen and oxygen atoms in total. The van der Waals surface area contributed by atoms with Gasteiger partial charge in [0.15, 0.2) is 0 Å². The van der Waals surface area contributed by atoms with Crippen LogP contribution in [0, 0.1) is 0 Å². The highest BCUT2D eigenvalue weighted by Crippen LogP contribution is 2.30. The summed E-state index contributed by atoms with van der Waals surface area (Å²) in [6.07, 6.45) is 0. The number of rotatable bonds is 4. The van der Waals surface area contributed by atoms with Gasteiger partial charge in [-0.2, -0.15) is 0 Å². The van der Waals surface area contributed by atoms with E-state index in [-0.39, 0.29) is 0 Å². The molecule has 0 radical (unpaired) electrons. The predicted molar refractivity (Wildman–Crippen MR) is 83.7 cm³/mol. The zero-order valence-electron chi connectivity index (χ0n) is 11.3. The Kier molecular flexibility index (Phi) is 3.78. The van der Waals surface area contributed by atoms with Gasteiger partial charge in [-0.05, 0) is 16.8 Å². The lowest BCUT2D eigenvalue weighted by molar-refractivity contribution is 0.181. The van der Waals surface area contributed by atoms with Gasteiger partial charge in [-0.15, -0.1) is 11.3 Å². The Hall–Kier alpha value is -1.75. The summed E-state index contributed by atoms with van der Waals surface area (Å²) >= 11 is 1.64. The quantitative estimate of drug-likeness (QED) is 0.796. The van der Waals surface area contributed by atoms with Gasteiger partial charge < -0.3 is 10.5 Å². The minimum Gasteiger partial charge on any atom is -0.378 e. The Bertz CT molecular complexity index is 736. The SMILES string of the molecule is COCc1nc(-c2ccc3ccccc3c2)sc1CN. The van der Waals surface area contributed by atoms with Crippen molar-refractivity contribution in [2.75, 3.05) is 7.11 Å². The van der Waals surface area contributed by atoms with Crippen molar-refractivity contribution in [3.05, 3.63) is 53.0 Å². The van der Waals surface area contributed by atoms with Crippen molar-refractivity contribution in [1.29, 1.82) is 0 Å². The first-order chi connectivity index (χ1) is 9.81. The number of hydrogen-bond acceptors (Lipinski definition) is 4. The van der Waals surface area contributed by atoms with Gasteiger partial charge in [0.25, 0.3) is 0 Å². The fraction of sp³-hybridized carbons (Fsp3) is 0.188. The summed E-state index contributed by atoms with van der Waals surface area (Å²) in [5, 5.41) is 3.47. The van der Waals surface area contributed by atoms with Gasteiger partial charge in [-0.25, -0.2) is 4.98 Å². The third-order valence-corrected chi connectivity index (χ3v) is 4.41. The van der Waals surface area contributed by atoms with Gasteiger partial charge in [-0.1, -0.05) is 36.4 Å². The predicted octanol–water partition coefficient (Wildman–Crippen LogP) is 3.57. The molecule has 1 aromatic heterocycles. The van der Waals surface area contributed by atoms with Gasteiger partial charge in [0.05, 0.1) is 12.3 Å². The van der Waals surface area contributed by atoms with Gasteiger partial charge in [0.2, 0.25) is 0 Å². The summed E-state index contributed by atoms with van der Waals surface area (Å²) in [5.41, 5.74) is 7.86. The molecule has 2 aromatic carbocycles. The third kappa shape index (κ3) is 2.45. The average Bonchev–Trinajstić information content (AvgIpc) is 2.90. The summed E-state index contributed by atoms with van der Waals surface area (Å²) < 4.78 is 5.18. The molecule has 4 heteroatoms. The van der Waals surface area contributed by atoms with Crippen LogP contribution in [0.4, 0.5) is 0 Å². The molecule has 0 aliphatic carbocycles. The largest absolute Gasteiger partial charge is 0.378 e. The van der Waals surface area contributed by atoms with Crippen LogP contribution in [0.25, 0.3) is 21.3 Å². The second kappa shape index (κ2) is 5.71. The molecule has 0 saturated carbocycles. The molecule has 0 fully saturated rings. The molecule has 0 saturated heterocycles. The highest BCUT2D eigenvalue weighted by molar-refractivity contribution is 7.15. The monoisotopic (exact) mass is 284 g/mol. The molecule has 0 bridgehead atoms. The van der Waals surface area contributed by atoms with E-state index in [2.05, 4.69) is 47.4 Å². The molecular formula is C16H16N2OS. The van der Waals surface area contributed by atoms with Crippen LogP contribution in [0.1, 0.15) is 10.6 Å². The summed E-state index contributed by atoms with van der Waals surface area (Å²) in [6.45, 7) is 1.01. The lowest BCUT2D eigenvalue weighted by atomic mass is 10.1. The van der Waals surface area contributed by atoms with E-state index in [9.17, 15) is 0 Å². The Morgan fingerprint density at radius 3 is 2.70 bits per heavy atom. The zero-order valence-corrected chi connectivity index (χ0v) is 12.1. The van der Waals surface area contributed by atoms with Crippen molar-refractivity contribution < 1.29 is 4.74 Å². The Balaban J connectivity index is 2.05. The first-order valence-corrected chi connectivity index (χ1v) is 7.30. The van der Waals surface area contributed by atoms with Crippen LogP contribution in [0.15, 0.2) is 42.5 Å². The molecule has 1 heterocycles. The molecule has 3 aromatic rings. The lowest BCUT2D eigenvalue weighted by Crippen LogP contribution is -1.99. The summed E-state index contributed by atoms with van der Waals surface area (Å²) in [7, 11) is 1.68. The standard InChI is InChI=1S/C16H16N2OS/c1-19-10-14-15(9-17)20-16(18-14)13-7-6-11-4-2-3-5-12(11)8-13/h2-8H,9-10,17H2,1H3. The molecule has 0 amide bonds. The number of nitrogens with zero attached hydrogens (tertiary/aromatic N) is 1. The van der Waals surface area contributed by atoms with Crippen molar-refractivity contribution >= 4 is 22.1 Å². The minimum atomic E-state index is 0.504. The van der Waals surface area contributed by atoms with E-state index in [1.165, 1.54) is 10.8 Å². The van der Waals surface area contributed by atoms with Crippen LogP contribution in [0.5, 0.6) is 0 Å². The number of methoxy groups -OCH3 is 1. The van der Waals surface area contributed by atoms with Crippen LogP contribution in [-0.2, 0) is 17.9 Å². The first kappa shape index (κ1) is 13.2. The number of thiazole rings is 1. The van der Waals surface area contributed by atoms with Crippen molar-refractivity contribution in [3.63, 3.8) is 0 Å². The normalized spacial score (nSPS) is 11.1. The highest BCUT2D eigenvalue weighted by atomic mass is 32.1. The minimum absolute atomic E-state index is 0.504. The zero-order chi connectivity index (χ0) is 13.9. The molecule has 20 heavy (non-hydrogen) atoms. The number of hydrogen-bond donors (Lipinski definition) is 1. The number of aromatic nitrogens is 1. The van der Waals surface area contributed by atoms with E-state index >= 15 is 0 Å². The molecule has 102 valence electrons. The number of ether oxygens (including phenoxy) is 1. The third-order valence-electron chi connectivity index (χ3n) is 3.24. The van der Waals surface area contributed by atoms with E-state index < -0.39 is 0 Å². The topological polar surface area (TPSA) is 48.1 Å². The fourth-order valence-electron chi connectivity index (χ4n) is 2.24. The van der Waals surface area contributed by atoms with Crippen LogP contribution in [-0.4, -0.2) is 12.1 Å². The molecule has 0 aliphatic heterocycles. The number of fused-ring (bicyclic) bond motifs is 1. The van der Waals surface area contributed by atoms with Crippen LogP contribution >= 0.6 is 11.3 Å². The van der Waals surface area contributed by atoms with Gasteiger partial charge in [0, 0.05) is 24.1 Å². The molecule has 0 aliphatic rings. The average molecular weight is 284 g/mol. The van der Waals surface area contributed by atoms with E-state index in [4.69, 9.17) is 10.5 Å². The maximum absolute atomic E-state index is 5.78. The Morgan fingerprint density at radius 1 is 1.15 bits per heavy atom. The van der Waals surface area contributed by atoms with E-state index in [1.54, 1.807) is 18.4 Å². The Morgan fingerprint density at radius 2 is 1.95 bits per heavy atom. The second-order valence-corrected chi connectivity index (χ2v) is 5.67. The smallest absolute Gasteiger partial charge is 0.124 e. The summed E-state index contributed by atoms with van der Waals surface area (Å²) in [4.78, 5) is 5.75. The number of nitrogens with two attached hydrogens (primary N) is 1. The van der Waals surface area contributed by atoms with Crippen molar-refractivity contribution in [2.24, 2.45) is 5.73 Å². The first-order valence-electron chi connectivity index (χ1n) is 6.48. The maximum Gasteiger partial charge on any atom is 0.124 e. The van der Waals surface area contributed by atoms with E-state index in [1.807, 2.05) is 0 Å².